The normalized spacial score (nSPS) is 12.0. The molecule has 0 fully saturated rings. The highest BCUT2D eigenvalue weighted by molar-refractivity contribution is 5.74. The van der Waals surface area contributed by atoms with Crippen LogP contribution < -0.4 is 4.57 Å². The van der Waals surface area contributed by atoms with Crippen LogP contribution in [0.15, 0.2) is 60.7 Å². The topological polar surface area (TPSA) is 29.0 Å². The average Bonchev–Trinajstić information content (AvgIpc) is 2.78. The molecule has 106 valence electrons. The number of imidazole rings is 1. The number of hydrogen-bond acceptors (Lipinski definition) is 1. The van der Waals surface area contributed by atoms with Crippen molar-refractivity contribution in [2.45, 2.75) is 6.42 Å². The smallest absolute Gasteiger partial charge is 0.324 e. The SMILES string of the molecule is Cn1c(/C(O)=C/Cc2ccccc2)[n+](C)c2ccccc21. The molecule has 3 rings (SSSR count). The summed E-state index contributed by atoms with van der Waals surface area (Å²) in [5.74, 6) is 1.12. The first-order chi connectivity index (χ1) is 10.2. The van der Waals surface area contributed by atoms with Crippen molar-refractivity contribution in [2.24, 2.45) is 14.1 Å². The number of para-hydroxylation sites is 2. The molecule has 3 nitrogen and oxygen atoms in total. The van der Waals surface area contributed by atoms with Gasteiger partial charge in [-0.1, -0.05) is 42.5 Å². The lowest BCUT2D eigenvalue weighted by Crippen LogP contribution is -2.32. The molecule has 0 bridgehead atoms. The molecule has 0 unspecified atom stereocenters. The highest BCUT2D eigenvalue weighted by Crippen LogP contribution is 2.17. The number of nitrogens with zero attached hydrogens (tertiary/aromatic N) is 2. The lowest BCUT2D eigenvalue weighted by Gasteiger charge is -1.99. The van der Waals surface area contributed by atoms with E-state index in [-0.39, 0.29) is 0 Å². The van der Waals surface area contributed by atoms with E-state index in [1.807, 2.05) is 59.6 Å². The largest absolute Gasteiger partial charge is 0.501 e. The molecule has 21 heavy (non-hydrogen) atoms. The van der Waals surface area contributed by atoms with Crippen LogP contribution in [-0.4, -0.2) is 9.67 Å². The van der Waals surface area contributed by atoms with Gasteiger partial charge in [0.25, 0.3) is 0 Å². The van der Waals surface area contributed by atoms with Gasteiger partial charge in [0.1, 0.15) is 0 Å². The Bertz CT molecular complexity index is 762. The van der Waals surface area contributed by atoms with Gasteiger partial charge in [0.2, 0.25) is 5.76 Å². The van der Waals surface area contributed by atoms with E-state index in [1.165, 1.54) is 5.56 Å². The fourth-order valence-electron chi connectivity index (χ4n) is 2.75. The third kappa shape index (κ3) is 2.42. The van der Waals surface area contributed by atoms with Crippen LogP contribution in [-0.2, 0) is 20.5 Å². The second-order valence-corrected chi connectivity index (χ2v) is 5.21. The lowest BCUT2D eigenvalue weighted by atomic mass is 10.1. The Hall–Kier alpha value is -2.55. The second-order valence-electron chi connectivity index (χ2n) is 5.21. The van der Waals surface area contributed by atoms with Crippen LogP contribution >= 0.6 is 0 Å². The van der Waals surface area contributed by atoms with Crippen LogP contribution in [0.4, 0.5) is 0 Å². The number of hydrogen-bond donors (Lipinski definition) is 1. The van der Waals surface area contributed by atoms with E-state index in [0.717, 1.165) is 16.9 Å². The molecule has 1 heterocycles. The molecule has 0 radical (unpaired) electrons. The number of allylic oxidation sites excluding steroid dienone is 1. The van der Waals surface area contributed by atoms with Crippen LogP contribution in [0.2, 0.25) is 0 Å². The van der Waals surface area contributed by atoms with Gasteiger partial charge in [0, 0.05) is 0 Å². The Balaban J connectivity index is 2.00. The molecular weight excluding hydrogens is 260 g/mol. The van der Waals surface area contributed by atoms with Gasteiger partial charge < -0.3 is 5.11 Å². The summed E-state index contributed by atoms with van der Waals surface area (Å²) in [5, 5.41) is 10.5. The third-order valence-corrected chi connectivity index (χ3v) is 3.84. The summed E-state index contributed by atoms with van der Waals surface area (Å²) in [7, 11) is 3.95. The summed E-state index contributed by atoms with van der Waals surface area (Å²) in [5.41, 5.74) is 3.40. The second kappa shape index (κ2) is 5.44. The Kier molecular flexibility index (Phi) is 3.48. The van der Waals surface area contributed by atoms with Crippen molar-refractivity contribution in [1.82, 2.24) is 4.57 Å². The first kappa shape index (κ1) is 13.4. The minimum Gasteiger partial charge on any atom is -0.501 e. The Morgan fingerprint density at radius 3 is 2.48 bits per heavy atom. The van der Waals surface area contributed by atoms with Crippen LogP contribution in [0.5, 0.6) is 0 Å². The molecule has 0 amide bonds. The Morgan fingerprint density at radius 1 is 1.10 bits per heavy atom. The zero-order valence-electron chi connectivity index (χ0n) is 12.3. The van der Waals surface area contributed by atoms with Gasteiger partial charge >= 0.3 is 5.82 Å². The maximum absolute atomic E-state index is 10.5. The fraction of sp³-hybridized carbons (Fsp3) is 0.167. The molecule has 0 saturated carbocycles. The van der Waals surface area contributed by atoms with Gasteiger partial charge in [0.05, 0.1) is 14.1 Å². The van der Waals surface area contributed by atoms with Gasteiger partial charge in [0.15, 0.2) is 11.0 Å². The molecular formula is C18H19N2O+. The molecule has 0 aliphatic carbocycles. The van der Waals surface area contributed by atoms with Gasteiger partial charge in [-0.25, -0.2) is 9.13 Å². The minimum absolute atomic E-state index is 0.306. The predicted octanol–water partition coefficient (Wildman–Crippen LogP) is 3.14. The van der Waals surface area contributed by atoms with Crippen LogP contribution in [0.25, 0.3) is 16.8 Å². The number of aryl methyl sites for hydroxylation is 2. The number of aromatic nitrogens is 2. The van der Waals surface area contributed by atoms with Crippen molar-refractivity contribution >= 4 is 16.8 Å². The number of fused-ring (bicyclic) bond motifs is 1. The highest BCUT2D eigenvalue weighted by Gasteiger charge is 2.22. The van der Waals surface area contributed by atoms with Crippen molar-refractivity contribution in [3.05, 3.63) is 72.1 Å². The van der Waals surface area contributed by atoms with E-state index in [9.17, 15) is 5.11 Å². The zero-order chi connectivity index (χ0) is 14.8. The van der Waals surface area contributed by atoms with Gasteiger partial charge in [-0.3, -0.25) is 0 Å². The number of aliphatic hydroxyl groups excluding tert-OH is 1. The molecule has 1 aromatic heterocycles. The molecule has 0 aliphatic heterocycles. The van der Waals surface area contributed by atoms with Crippen molar-refractivity contribution in [3.8, 4) is 0 Å². The third-order valence-electron chi connectivity index (χ3n) is 3.84. The van der Waals surface area contributed by atoms with Crippen LogP contribution in [0, 0.1) is 0 Å². The summed E-state index contributed by atoms with van der Waals surface area (Å²) >= 11 is 0. The van der Waals surface area contributed by atoms with E-state index >= 15 is 0 Å². The first-order valence-electron chi connectivity index (χ1n) is 7.05. The molecule has 3 heteroatoms. The number of aliphatic hydroxyl groups is 1. The van der Waals surface area contributed by atoms with Crippen molar-refractivity contribution in [1.29, 1.82) is 0 Å². The summed E-state index contributed by atoms with van der Waals surface area (Å²) in [4.78, 5) is 0. The Labute approximate surface area is 124 Å². The molecule has 0 aliphatic rings. The highest BCUT2D eigenvalue weighted by atomic mass is 16.3. The molecule has 3 aromatic rings. The fourth-order valence-corrected chi connectivity index (χ4v) is 2.75. The maximum atomic E-state index is 10.5. The predicted molar refractivity (Wildman–Crippen MR) is 84.8 cm³/mol. The first-order valence-corrected chi connectivity index (χ1v) is 7.05. The van der Waals surface area contributed by atoms with Crippen molar-refractivity contribution in [3.63, 3.8) is 0 Å². The molecule has 0 atom stereocenters. The van der Waals surface area contributed by atoms with E-state index in [4.69, 9.17) is 0 Å². The lowest BCUT2D eigenvalue weighted by molar-refractivity contribution is -0.649. The molecule has 0 spiro atoms. The molecule has 2 aromatic carbocycles. The summed E-state index contributed by atoms with van der Waals surface area (Å²) in [6.45, 7) is 0. The summed E-state index contributed by atoms with van der Waals surface area (Å²) < 4.78 is 4.04. The van der Waals surface area contributed by atoms with Gasteiger partial charge in [-0.05, 0) is 30.2 Å². The standard InChI is InChI=1S/C18H18N2O/c1-19-15-10-6-7-11-16(15)20(2)18(19)17(21)13-12-14-8-4-3-5-9-14/h3-11,13H,12H2,1-2H3/p+1/b17-13-. The Morgan fingerprint density at radius 2 is 1.76 bits per heavy atom. The summed E-state index contributed by atoms with van der Waals surface area (Å²) in [6, 6.07) is 18.3. The van der Waals surface area contributed by atoms with E-state index < -0.39 is 0 Å². The van der Waals surface area contributed by atoms with Crippen LogP contribution in [0.3, 0.4) is 0 Å². The number of benzene rings is 2. The van der Waals surface area contributed by atoms with Crippen LogP contribution in [0.1, 0.15) is 11.4 Å². The van der Waals surface area contributed by atoms with Crippen molar-refractivity contribution < 1.29 is 9.67 Å². The number of rotatable bonds is 3. The zero-order valence-corrected chi connectivity index (χ0v) is 12.3. The van der Waals surface area contributed by atoms with Gasteiger partial charge in [-0.15, -0.1) is 0 Å². The maximum Gasteiger partial charge on any atom is 0.324 e. The molecule has 1 N–H and O–H groups in total. The summed E-state index contributed by atoms with van der Waals surface area (Å²) in [6.07, 6.45) is 2.58. The van der Waals surface area contributed by atoms with Crippen molar-refractivity contribution in [2.75, 3.05) is 0 Å². The monoisotopic (exact) mass is 279 g/mol. The minimum atomic E-state index is 0.306. The quantitative estimate of drug-likeness (QED) is 0.579. The van der Waals surface area contributed by atoms with E-state index in [1.54, 1.807) is 0 Å². The van der Waals surface area contributed by atoms with E-state index in [0.29, 0.717) is 12.2 Å². The average molecular weight is 279 g/mol. The molecule has 0 saturated heterocycles. The van der Waals surface area contributed by atoms with E-state index in [2.05, 4.69) is 24.3 Å². The van der Waals surface area contributed by atoms with Gasteiger partial charge in [-0.2, -0.15) is 0 Å².